The lowest BCUT2D eigenvalue weighted by atomic mass is 10.2. The Morgan fingerprint density at radius 1 is 1.13 bits per heavy atom. The van der Waals surface area contributed by atoms with Gasteiger partial charge >= 0.3 is 5.97 Å². The number of para-hydroxylation sites is 2. The Morgan fingerprint density at radius 3 is 2.39 bits per heavy atom. The van der Waals surface area contributed by atoms with E-state index in [9.17, 15) is 9.90 Å². The quantitative estimate of drug-likeness (QED) is 0.784. The molecule has 1 heterocycles. The van der Waals surface area contributed by atoms with E-state index in [2.05, 4.69) is 4.98 Å². The summed E-state index contributed by atoms with van der Waals surface area (Å²) >= 11 is 0. The third kappa shape index (κ3) is 2.83. The molecule has 0 aliphatic rings. The number of aromatic nitrogens is 2. The number of imidazole rings is 1. The molecule has 0 atom stereocenters. The molecule has 1 N–H and O–H groups in total. The summed E-state index contributed by atoms with van der Waals surface area (Å²) in [5, 5.41) is 9.22. The number of hydrogen-bond donors (Lipinski definition) is 1. The highest BCUT2D eigenvalue weighted by Crippen LogP contribution is 2.31. The summed E-state index contributed by atoms with van der Waals surface area (Å²) in [5.74, 6) is 0.872. The number of carbonyl (C=O) groups is 1. The molecule has 2 aromatic carbocycles. The van der Waals surface area contributed by atoms with E-state index in [1.807, 2.05) is 36.4 Å². The van der Waals surface area contributed by atoms with Gasteiger partial charge in [-0.05, 0) is 24.3 Å². The van der Waals surface area contributed by atoms with E-state index in [1.54, 1.807) is 24.9 Å². The number of aliphatic carboxylic acids is 1. The maximum atomic E-state index is 11.2. The lowest BCUT2D eigenvalue weighted by Crippen LogP contribution is -2.10. The van der Waals surface area contributed by atoms with Crippen molar-refractivity contribution in [3.05, 3.63) is 42.5 Å². The van der Waals surface area contributed by atoms with Crippen molar-refractivity contribution in [3.8, 4) is 22.9 Å². The fourth-order valence-electron chi connectivity index (χ4n) is 2.53. The van der Waals surface area contributed by atoms with Crippen molar-refractivity contribution in [2.24, 2.45) is 0 Å². The summed E-state index contributed by atoms with van der Waals surface area (Å²) in [6.07, 6.45) is 0. The smallest absolute Gasteiger partial charge is 0.323 e. The van der Waals surface area contributed by atoms with E-state index in [4.69, 9.17) is 9.47 Å². The van der Waals surface area contributed by atoms with Gasteiger partial charge in [-0.2, -0.15) is 0 Å². The molecule has 0 fully saturated rings. The van der Waals surface area contributed by atoms with Gasteiger partial charge in [-0.15, -0.1) is 0 Å². The highest BCUT2D eigenvalue weighted by Gasteiger charge is 2.16. The standard InChI is InChI=1S/C17H16N2O4/c1-22-12-7-11(8-13(9-12)23-2)17-18-14-5-3-4-6-15(14)19(17)10-16(20)21/h3-9H,10H2,1-2H3,(H,20,21). The lowest BCUT2D eigenvalue weighted by Gasteiger charge is -2.10. The van der Waals surface area contributed by atoms with Crippen LogP contribution < -0.4 is 9.47 Å². The van der Waals surface area contributed by atoms with E-state index in [-0.39, 0.29) is 6.54 Å². The Balaban J connectivity index is 2.24. The molecule has 1 aromatic heterocycles. The number of fused-ring (bicyclic) bond motifs is 1. The predicted octanol–water partition coefficient (Wildman–Crippen LogP) is 2.81. The topological polar surface area (TPSA) is 73.6 Å². The van der Waals surface area contributed by atoms with Crippen molar-refractivity contribution < 1.29 is 19.4 Å². The van der Waals surface area contributed by atoms with Crippen LogP contribution in [0.2, 0.25) is 0 Å². The Kier molecular flexibility index (Phi) is 3.89. The zero-order chi connectivity index (χ0) is 16.4. The van der Waals surface area contributed by atoms with E-state index in [1.165, 1.54) is 0 Å². The number of hydrogen-bond acceptors (Lipinski definition) is 4. The van der Waals surface area contributed by atoms with Gasteiger partial charge < -0.3 is 19.1 Å². The first kappa shape index (κ1) is 14.9. The van der Waals surface area contributed by atoms with Crippen LogP contribution in [0.25, 0.3) is 22.4 Å². The zero-order valence-electron chi connectivity index (χ0n) is 12.8. The van der Waals surface area contributed by atoms with E-state index >= 15 is 0 Å². The first-order chi connectivity index (χ1) is 11.1. The summed E-state index contributed by atoms with van der Waals surface area (Å²) in [6.45, 7) is -0.171. The fraction of sp³-hybridized carbons (Fsp3) is 0.176. The number of methoxy groups -OCH3 is 2. The second kappa shape index (κ2) is 6.00. The molecule has 6 heteroatoms. The molecule has 3 aromatic rings. The van der Waals surface area contributed by atoms with Crippen molar-refractivity contribution in [2.45, 2.75) is 6.54 Å². The highest BCUT2D eigenvalue weighted by atomic mass is 16.5. The van der Waals surface area contributed by atoms with Gasteiger partial charge in [0.15, 0.2) is 0 Å². The van der Waals surface area contributed by atoms with Gasteiger partial charge in [0.05, 0.1) is 25.3 Å². The zero-order valence-corrected chi connectivity index (χ0v) is 12.8. The first-order valence-electron chi connectivity index (χ1n) is 7.03. The first-order valence-corrected chi connectivity index (χ1v) is 7.03. The van der Waals surface area contributed by atoms with E-state index in [0.717, 1.165) is 16.6 Å². The SMILES string of the molecule is COc1cc(OC)cc(-c2nc3ccccc3n2CC(=O)O)c1. The minimum Gasteiger partial charge on any atom is -0.497 e. The minimum atomic E-state index is -0.927. The van der Waals surface area contributed by atoms with Crippen LogP contribution in [0.5, 0.6) is 11.5 Å². The van der Waals surface area contributed by atoms with E-state index < -0.39 is 5.97 Å². The van der Waals surface area contributed by atoms with Crippen LogP contribution in [0.1, 0.15) is 0 Å². The van der Waals surface area contributed by atoms with Gasteiger partial charge in [0, 0.05) is 11.6 Å². The summed E-state index contributed by atoms with van der Waals surface area (Å²) in [4.78, 5) is 15.8. The van der Waals surface area contributed by atoms with Crippen LogP contribution in [0, 0.1) is 0 Å². The maximum Gasteiger partial charge on any atom is 0.323 e. The number of nitrogens with zero attached hydrogens (tertiary/aromatic N) is 2. The van der Waals surface area contributed by atoms with E-state index in [0.29, 0.717) is 17.3 Å². The Bertz CT molecular complexity index is 848. The number of benzene rings is 2. The highest BCUT2D eigenvalue weighted by molar-refractivity contribution is 5.83. The molecular weight excluding hydrogens is 296 g/mol. The molecule has 0 radical (unpaired) electrons. The van der Waals surface area contributed by atoms with Crippen molar-refractivity contribution in [3.63, 3.8) is 0 Å². The van der Waals surface area contributed by atoms with Crippen LogP contribution in [-0.4, -0.2) is 34.8 Å². The third-order valence-electron chi connectivity index (χ3n) is 3.56. The molecule has 0 aliphatic heterocycles. The summed E-state index contributed by atoms with van der Waals surface area (Å²) in [6, 6.07) is 12.8. The number of carboxylic acids is 1. The Labute approximate surface area is 132 Å². The molecular formula is C17H16N2O4. The van der Waals surface area contributed by atoms with Gasteiger partial charge in [-0.25, -0.2) is 4.98 Å². The molecule has 118 valence electrons. The molecule has 0 saturated carbocycles. The predicted molar refractivity (Wildman–Crippen MR) is 85.9 cm³/mol. The molecule has 0 bridgehead atoms. The number of rotatable bonds is 5. The molecule has 3 rings (SSSR count). The van der Waals surface area contributed by atoms with Gasteiger partial charge in [0.1, 0.15) is 23.9 Å². The minimum absolute atomic E-state index is 0.171. The molecule has 0 aliphatic carbocycles. The van der Waals surface area contributed by atoms with Crippen molar-refractivity contribution >= 4 is 17.0 Å². The number of carboxylic acid groups (broad SMARTS) is 1. The van der Waals surface area contributed by atoms with Gasteiger partial charge in [0.2, 0.25) is 0 Å². The number of ether oxygens (including phenoxy) is 2. The van der Waals surface area contributed by atoms with Crippen LogP contribution in [0.4, 0.5) is 0 Å². The Morgan fingerprint density at radius 2 is 1.78 bits per heavy atom. The third-order valence-corrected chi connectivity index (χ3v) is 3.56. The van der Waals surface area contributed by atoms with Crippen molar-refractivity contribution in [1.29, 1.82) is 0 Å². The molecule has 23 heavy (non-hydrogen) atoms. The maximum absolute atomic E-state index is 11.2. The fourth-order valence-corrected chi connectivity index (χ4v) is 2.53. The van der Waals surface area contributed by atoms with Crippen LogP contribution in [0.3, 0.4) is 0 Å². The molecule has 0 spiro atoms. The molecule has 0 saturated heterocycles. The van der Waals surface area contributed by atoms with Crippen molar-refractivity contribution in [2.75, 3.05) is 14.2 Å². The van der Waals surface area contributed by atoms with Gasteiger partial charge in [-0.3, -0.25) is 4.79 Å². The largest absolute Gasteiger partial charge is 0.497 e. The molecule has 0 unspecified atom stereocenters. The Hall–Kier alpha value is -3.02. The van der Waals surface area contributed by atoms with Crippen molar-refractivity contribution in [1.82, 2.24) is 9.55 Å². The second-order valence-corrected chi connectivity index (χ2v) is 5.01. The monoisotopic (exact) mass is 312 g/mol. The lowest BCUT2D eigenvalue weighted by molar-refractivity contribution is -0.137. The van der Waals surface area contributed by atoms with Crippen LogP contribution in [0.15, 0.2) is 42.5 Å². The summed E-state index contributed by atoms with van der Waals surface area (Å²) in [7, 11) is 3.14. The summed E-state index contributed by atoms with van der Waals surface area (Å²) in [5.41, 5.74) is 2.25. The molecule has 0 amide bonds. The van der Waals surface area contributed by atoms with Gasteiger partial charge in [-0.1, -0.05) is 12.1 Å². The summed E-state index contributed by atoms with van der Waals surface area (Å²) < 4.78 is 12.2. The molecule has 6 nitrogen and oxygen atoms in total. The normalized spacial score (nSPS) is 10.7. The van der Waals surface area contributed by atoms with Gasteiger partial charge in [0.25, 0.3) is 0 Å². The van der Waals surface area contributed by atoms with Crippen LogP contribution in [-0.2, 0) is 11.3 Å². The second-order valence-electron chi connectivity index (χ2n) is 5.01. The average molecular weight is 312 g/mol. The van der Waals surface area contributed by atoms with Crippen LogP contribution >= 0.6 is 0 Å². The average Bonchev–Trinajstić information content (AvgIpc) is 2.92.